The summed E-state index contributed by atoms with van der Waals surface area (Å²) in [6, 6.07) is 15.1. The lowest BCUT2D eigenvalue weighted by atomic mass is 9.72. The molecule has 2 aromatic rings. The van der Waals surface area contributed by atoms with E-state index < -0.39 is 0 Å². The van der Waals surface area contributed by atoms with Crippen LogP contribution in [-0.4, -0.2) is 20.3 Å². The van der Waals surface area contributed by atoms with E-state index in [4.69, 9.17) is 9.31 Å². The molecule has 0 saturated carbocycles. The van der Waals surface area contributed by atoms with Crippen LogP contribution in [0.25, 0.3) is 11.1 Å². The van der Waals surface area contributed by atoms with Crippen molar-refractivity contribution in [1.29, 1.82) is 0 Å². The molecule has 0 aromatic heterocycles. The topological polar surface area (TPSA) is 18.5 Å². The summed E-state index contributed by atoms with van der Waals surface area (Å²) in [5.74, 6) is 0. The largest absolute Gasteiger partial charge is 0.494 e. The van der Waals surface area contributed by atoms with Crippen LogP contribution >= 0.6 is 0 Å². The summed E-state index contributed by atoms with van der Waals surface area (Å²) in [4.78, 5) is 0. The molecular weight excluding hydrogens is 259 g/mol. The standard InChI is InChI=1S/C18H19BO2/c1-18(2)11-20-19(21-12-18)17-9-5-8-15-14-7-4-3-6-13(14)10-16(15)17/h3-9H,10-12H2,1-2H3. The average molecular weight is 278 g/mol. The van der Waals surface area contributed by atoms with Gasteiger partial charge in [0.2, 0.25) is 0 Å². The van der Waals surface area contributed by atoms with Crippen LogP contribution in [0, 0.1) is 5.41 Å². The van der Waals surface area contributed by atoms with Crippen LogP contribution in [0.2, 0.25) is 0 Å². The number of hydrogen-bond acceptors (Lipinski definition) is 2. The van der Waals surface area contributed by atoms with Crippen molar-refractivity contribution in [1.82, 2.24) is 0 Å². The summed E-state index contributed by atoms with van der Waals surface area (Å²) in [6.07, 6.45) is 0.980. The van der Waals surface area contributed by atoms with Gasteiger partial charge in [0.15, 0.2) is 0 Å². The van der Waals surface area contributed by atoms with Gasteiger partial charge in [-0.25, -0.2) is 0 Å². The van der Waals surface area contributed by atoms with Gasteiger partial charge in [-0.05, 0) is 34.1 Å². The first-order valence-electron chi connectivity index (χ1n) is 7.57. The average Bonchev–Trinajstić information content (AvgIpc) is 2.86. The first kappa shape index (κ1) is 13.1. The lowest BCUT2D eigenvalue weighted by Crippen LogP contribution is -2.48. The Bertz CT molecular complexity index is 683. The van der Waals surface area contributed by atoms with Gasteiger partial charge in [-0.3, -0.25) is 0 Å². The van der Waals surface area contributed by atoms with Crippen LogP contribution in [0.3, 0.4) is 0 Å². The molecule has 3 heteroatoms. The molecule has 1 fully saturated rings. The first-order valence-corrected chi connectivity index (χ1v) is 7.57. The summed E-state index contributed by atoms with van der Waals surface area (Å²) >= 11 is 0. The third kappa shape index (κ3) is 2.21. The SMILES string of the molecule is CC1(C)COB(c2cccc3c2Cc2ccccc2-3)OC1. The molecule has 0 bridgehead atoms. The number of benzene rings is 2. The van der Waals surface area contributed by atoms with Crippen LogP contribution in [0.5, 0.6) is 0 Å². The zero-order valence-electron chi connectivity index (χ0n) is 12.6. The molecule has 106 valence electrons. The molecular formula is C18H19BO2. The Labute approximate surface area is 126 Å². The highest BCUT2D eigenvalue weighted by Crippen LogP contribution is 2.35. The second kappa shape index (κ2) is 4.72. The molecule has 2 aliphatic rings. The second-order valence-electron chi connectivity index (χ2n) is 6.83. The Balaban J connectivity index is 1.71. The molecule has 0 spiro atoms. The Morgan fingerprint density at radius 3 is 2.43 bits per heavy atom. The van der Waals surface area contributed by atoms with E-state index in [1.807, 2.05) is 0 Å². The van der Waals surface area contributed by atoms with E-state index in [0.29, 0.717) is 0 Å². The van der Waals surface area contributed by atoms with E-state index in [9.17, 15) is 0 Å². The van der Waals surface area contributed by atoms with E-state index >= 15 is 0 Å². The van der Waals surface area contributed by atoms with E-state index in [0.717, 1.165) is 19.6 Å². The lowest BCUT2D eigenvalue weighted by molar-refractivity contribution is 0.0342. The number of fused-ring (bicyclic) bond motifs is 3. The molecule has 2 aromatic carbocycles. The molecule has 0 amide bonds. The number of hydrogen-bond donors (Lipinski definition) is 0. The van der Waals surface area contributed by atoms with Gasteiger partial charge in [-0.2, -0.15) is 0 Å². The van der Waals surface area contributed by atoms with Gasteiger partial charge in [-0.15, -0.1) is 0 Å². The van der Waals surface area contributed by atoms with Crippen molar-refractivity contribution in [2.45, 2.75) is 20.3 Å². The molecule has 0 radical (unpaired) electrons. The zero-order chi connectivity index (χ0) is 14.4. The molecule has 0 unspecified atom stereocenters. The van der Waals surface area contributed by atoms with Crippen molar-refractivity contribution in [3.8, 4) is 11.1 Å². The van der Waals surface area contributed by atoms with E-state index in [1.54, 1.807) is 0 Å². The smallest absolute Gasteiger partial charge is 0.407 e. The quantitative estimate of drug-likeness (QED) is 0.637. The van der Waals surface area contributed by atoms with Crippen molar-refractivity contribution in [3.63, 3.8) is 0 Å². The molecule has 0 atom stereocenters. The maximum atomic E-state index is 5.98. The minimum Gasteiger partial charge on any atom is -0.407 e. The van der Waals surface area contributed by atoms with Crippen molar-refractivity contribution in [2.75, 3.05) is 13.2 Å². The van der Waals surface area contributed by atoms with Gasteiger partial charge < -0.3 is 9.31 Å². The predicted molar refractivity (Wildman–Crippen MR) is 85.8 cm³/mol. The fourth-order valence-electron chi connectivity index (χ4n) is 3.27. The monoisotopic (exact) mass is 278 g/mol. The Kier molecular flexibility index (Phi) is 2.95. The maximum Gasteiger partial charge on any atom is 0.494 e. The summed E-state index contributed by atoms with van der Waals surface area (Å²) in [5.41, 5.74) is 6.75. The van der Waals surface area contributed by atoms with E-state index in [-0.39, 0.29) is 12.5 Å². The predicted octanol–water partition coefficient (Wildman–Crippen LogP) is 3.03. The Morgan fingerprint density at radius 2 is 1.62 bits per heavy atom. The summed E-state index contributed by atoms with van der Waals surface area (Å²) < 4.78 is 12.0. The van der Waals surface area contributed by atoms with Gasteiger partial charge in [0.1, 0.15) is 0 Å². The van der Waals surface area contributed by atoms with Crippen LogP contribution in [0.15, 0.2) is 42.5 Å². The highest BCUT2D eigenvalue weighted by Gasteiger charge is 2.36. The molecule has 21 heavy (non-hydrogen) atoms. The molecule has 2 nitrogen and oxygen atoms in total. The van der Waals surface area contributed by atoms with Gasteiger partial charge in [-0.1, -0.05) is 56.3 Å². The van der Waals surface area contributed by atoms with Crippen LogP contribution in [-0.2, 0) is 15.7 Å². The molecule has 1 saturated heterocycles. The molecule has 4 rings (SSSR count). The minimum atomic E-state index is -0.220. The van der Waals surface area contributed by atoms with Gasteiger partial charge >= 0.3 is 7.12 Å². The van der Waals surface area contributed by atoms with E-state index in [2.05, 4.69) is 56.3 Å². The lowest BCUT2D eigenvalue weighted by Gasteiger charge is -2.33. The van der Waals surface area contributed by atoms with Gasteiger partial charge in [0.05, 0.1) is 0 Å². The molecule has 1 heterocycles. The third-order valence-electron chi connectivity index (χ3n) is 4.39. The third-order valence-corrected chi connectivity index (χ3v) is 4.39. The second-order valence-corrected chi connectivity index (χ2v) is 6.83. The van der Waals surface area contributed by atoms with Crippen LogP contribution in [0.1, 0.15) is 25.0 Å². The Morgan fingerprint density at radius 1 is 0.905 bits per heavy atom. The maximum absolute atomic E-state index is 5.98. The van der Waals surface area contributed by atoms with Crippen molar-refractivity contribution >= 4 is 12.6 Å². The van der Waals surface area contributed by atoms with Crippen molar-refractivity contribution in [3.05, 3.63) is 53.6 Å². The molecule has 1 aliphatic carbocycles. The van der Waals surface area contributed by atoms with Crippen LogP contribution < -0.4 is 5.46 Å². The molecule has 0 N–H and O–H groups in total. The van der Waals surface area contributed by atoms with Crippen molar-refractivity contribution in [2.24, 2.45) is 5.41 Å². The molecule has 1 aliphatic heterocycles. The number of rotatable bonds is 1. The van der Waals surface area contributed by atoms with Gasteiger partial charge in [0, 0.05) is 18.6 Å². The highest BCUT2D eigenvalue weighted by molar-refractivity contribution is 6.62. The minimum absolute atomic E-state index is 0.109. The summed E-state index contributed by atoms with van der Waals surface area (Å²) in [7, 11) is -0.220. The fourth-order valence-corrected chi connectivity index (χ4v) is 3.27. The van der Waals surface area contributed by atoms with Gasteiger partial charge in [0.25, 0.3) is 0 Å². The summed E-state index contributed by atoms with van der Waals surface area (Å²) in [5, 5.41) is 0. The van der Waals surface area contributed by atoms with Crippen LogP contribution in [0.4, 0.5) is 0 Å². The normalized spacial score (nSPS) is 19.2. The zero-order valence-corrected chi connectivity index (χ0v) is 12.6. The van der Waals surface area contributed by atoms with Crippen molar-refractivity contribution < 1.29 is 9.31 Å². The van der Waals surface area contributed by atoms with E-state index in [1.165, 1.54) is 27.7 Å². The summed E-state index contributed by atoms with van der Waals surface area (Å²) in [6.45, 7) is 5.84. The Hall–Kier alpha value is -1.58. The first-order chi connectivity index (χ1) is 10.1. The highest BCUT2D eigenvalue weighted by atomic mass is 16.6. The fraction of sp³-hybridized carbons (Fsp3) is 0.333.